The Labute approximate surface area is 230 Å². The van der Waals surface area contributed by atoms with E-state index in [1.54, 1.807) is 0 Å². The Kier molecular flexibility index (Phi) is 8.40. The van der Waals surface area contributed by atoms with Crippen LogP contribution in [0.5, 0.6) is 0 Å². The number of anilines is 2. The Hall–Kier alpha value is -3.00. The Morgan fingerprint density at radius 3 is 2.42 bits per heavy atom. The van der Waals surface area contributed by atoms with Gasteiger partial charge in [0.2, 0.25) is 11.2 Å². The van der Waals surface area contributed by atoms with Crippen LogP contribution in [0.4, 0.5) is 11.5 Å². The molecule has 38 heavy (non-hydrogen) atoms. The van der Waals surface area contributed by atoms with Gasteiger partial charge < -0.3 is 21.1 Å². The molecule has 7 nitrogen and oxygen atoms in total. The largest absolute Gasteiger partial charge is 0.390 e. The van der Waals surface area contributed by atoms with Gasteiger partial charge in [0, 0.05) is 36.5 Å². The van der Waals surface area contributed by atoms with Crippen LogP contribution >= 0.6 is 11.6 Å². The number of rotatable bonds is 10. The fourth-order valence-electron chi connectivity index (χ4n) is 4.68. The van der Waals surface area contributed by atoms with E-state index in [0.29, 0.717) is 18.8 Å². The third-order valence-corrected chi connectivity index (χ3v) is 7.21. The number of aliphatic hydroxyl groups excluding tert-OH is 1. The van der Waals surface area contributed by atoms with Crippen LogP contribution in [0.15, 0.2) is 54.6 Å². The summed E-state index contributed by atoms with van der Waals surface area (Å²) in [6.07, 6.45) is 1.83. The third kappa shape index (κ3) is 7.31. The molecule has 1 heterocycles. The summed E-state index contributed by atoms with van der Waals surface area (Å²) in [5.41, 5.74) is 5.16. The van der Waals surface area contributed by atoms with Gasteiger partial charge in [0.1, 0.15) is 5.82 Å². The molecule has 1 amide bonds. The lowest BCUT2D eigenvalue weighted by Crippen LogP contribution is -2.49. The molecule has 4 rings (SSSR count). The van der Waals surface area contributed by atoms with E-state index in [1.807, 2.05) is 37.3 Å². The highest BCUT2D eigenvalue weighted by Gasteiger charge is 2.44. The zero-order chi connectivity index (χ0) is 27.5. The van der Waals surface area contributed by atoms with Crippen LogP contribution in [-0.2, 0) is 22.2 Å². The number of halogens is 1. The second-order valence-electron chi connectivity index (χ2n) is 11.4. The summed E-state index contributed by atoms with van der Waals surface area (Å²) >= 11 is 5.96. The summed E-state index contributed by atoms with van der Waals surface area (Å²) in [5, 5.41) is 21.1. The smallest absolute Gasteiger partial charge is 0.224 e. The van der Waals surface area contributed by atoms with E-state index in [2.05, 4.69) is 71.0 Å². The van der Waals surface area contributed by atoms with Crippen molar-refractivity contribution in [1.82, 2.24) is 20.6 Å². The highest BCUT2D eigenvalue weighted by atomic mass is 35.5. The molecule has 1 aliphatic rings. The normalized spacial score (nSPS) is 16.0. The molecule has 0 aliphatic heterocycles. The summed E-state index contributed by atoms with van der Waals surface area (Å²) in [6.45, 7) is 10.4. The Balaban J connectivity index is 1.40. The molecule has 4 N–H and O–H groups in total. The molecule has 2 aromatic carbocycles. The summed E-state index contributed by atoms with van der Waals surface area (Å²) in [6, 6.07) is 18.0. The van der Waals surface area contributed by atoms with Crippen molar-refractivity contribution in [1.29, 1.82) is 0 Å². The molecule has 0 radical (unpaired) electrons. The van der Waals surface area contributed by atoms with E-state index >= 15 is 0 Å². The van der Waals surface area contributed by atoms with Crippen LogP contribution < -0.4 is 16.0 Å². The van der Waals surface area contributed by atoms with Crippen molar-refractivity contribution in [2.75, 3.05) is 11.9 Å². The summed E-state index contributed by atoms with van der Waals surface area (Å²) in [5.74, 6) is 0.456. The van der Waals surface area contributed by atoms with E-state index in [1.165, 1.54) is 18.1 Å². The minimum atomic E-state index is -0.744. The number of hydrogen-bond donors (Lipinski definition) is 4. The van der Waals surface area contributed by atoms with Crippen molar-refractivity contribution in [2.24, 2.45) is 0 Å². The maximum atomic E-state index is 12.0. The van der Waals surface area contributed by atoms with Gasteiger partial charge in [0.25, 0.3) is 0 Å². The van der Waals surface area contributed by atoms with Crippen LogP contribution in [0.3, 0.4) is 0 Å². The van der Waals surface area contributed by atoms with Gasteiger partial charge in [-0.15, -0.1) is 0 Å². The molecular formula is C30H38ClN5O2. The number of aryl methyl sites for hydroxylation is 1. The first-order chi connectivity index (χ1) is 17.9. The summed E-state index contributed by atoms with van der Waals surface area (Å²) < 4.78 is 0. The minimum absolute atomic E-state index is 0.0774. The van der Waals surface area contributed by atoms with Crippen molar-refractivity contribution in [2.45, 2.75) is 77.0 Å². The lowest BCUT2D eigenvalue weighted by atomic mass is 9.85. The van der Waals surface area contributed by atoms with Crippen molar-refractivity contribution in [3.8, 4) is 0 Å². The fraction of sp³-hybridized carbons (Fsp3) is 0.433. The number of nitrogens with one attached hydrogen (secondary N) is 3. The quantitative estimate of drug-likeness (QED) is 0.267. The minimum Gasteiger partial charge on any atom is -0.390 e. The van der Waals surface area contributed by atoms with Crippen molar-refractivity contribution >= 4 is 29.0 Å². The first-order valence-electron chi connectivity index (χ1n) is 13.1. The number of benzene rings is 2. The first kappa shape index (κ1) is 28.0. The first-order valence-corrected chi connectivity index (χ1v) is 13.5. The van der Waals surface area contributed by atoms with E-state index in [9.17, 15) is 9.90 Å². The Morgan fingerprint density at radius 2 is 1.82 bits per heavy atom. The molecule has 1 fully saturated rings. The molecule has 2 atom stereocenters. The highest BCUT2D eigenvalue weighted by Crippen LogP contribution is 2.46. The lowest BCUT2D eigenvalue weighted by Gasteiger charge is -2.28. The zero-order valence-corrected chi connectivity index (χ0v) is 23.6. The van der Waals surface area contributed by atoms with Crippen molar-refractivity contribution in [3.05, 3.63) is 82.3 Å². The molecule has 0 saturated heterocycles. The SMILES string of the molecule is CC(=O)N[C@@H](Cc1ccc(Nc2cc(C)nc(Cl)n2)cc1)[C@H](O)CNC1(c2cccc(C(C)(C)C)c2)CC1. The third-order valence-electron chi connectivity index (χ3n) is 7.04. The molecule has 0 unspecified atom stereocenters. The number of nitrogens with zero attached hydrogens (tertiary/aromatic N) is 2. The lowest BCUT2D eigenvalue weighted by molar-refractivity contribution is -0.120. The molecule has 0 bridgehead atoms. The fourth-order valence-corrected chi connectivity index (χ4v) is 4.91. The van der Waals surface area contributed by atoms with Gasteiger partial charge in [0.15, 0.2) is 0 Å². The number of hydrogen-bond acceptors (Lipinski definition) is 6. The predicted octanol–water partition coefficient (Wildman–Crippen LogP) is 5.17. The van der Waals surface area contributed by atoms with Crippen molar-refractivity contribution < 1.29 is 9.90 Å². The van der Waals surface area contributed by atoms with Gasteiger partial charge in [-0.2, -0.15) is 0 Å². The van der Waals surface area contributed by atoms with Crippen LogP contribution in [0, 0.1) is 6.92 Å². The van der Waals surface area contributed by atoms with Gasteiger partial charge in [-0.1, -0.05) is 57.2 Å². The number of aromatic nitrogens is 2. The standard InChI is InChI=1S/C30H38ClN5O2/c1-19-15-27(36-28(31)33-19)35-24-11-9-21(10-12-24)16-25(34-20(2)37)26(38)18-32-30(13-14-30)23-8-6-7-22(17-23)29(3,4)5/h6-12,15,17,25-26,32,38H,13-14,16,18H2,1-5H3,(H,34,37)(H,33,35,36)/t25-,26+/m0/s1. The van der Waals surface area contributed by atoms with E-state index in [-0.39, 0.29) is 22.1 Å². The van der Waals surface area contributed by atoms with Gasteiger partial charge >= 0.3 is 0 Å². The van der Waals surface area contributed by atoms with Crippen LogP contribution in [0.2, 0.25) is 5.28 Å². The Morgan fingerprint density at radius 1 is 1.11 bits per heavy atom. The molecule has 0 spiro atoms. The molecule has 1 aromatic heterocycles. The van der Waals surface area contributed by atoms with Crippen molar-refractivity contribution in [3.63, 3.8) is 0 Å². The number of carbonyl (C=O) groups excluding carboxylic acids is 1. The molecule has 1 aliphatic carbocycles. The average molecular weight is 536 g/mol. The molecule has 8 heteroatoms. The van der Waals surface area contributed by atoms with Gasteiger partial charge in [-0.05, 0) is 72.0 Å². The van der Waals surface area contributed by atoms with E-state index < -0.39 is 12.1 Å². The maximum absolute atomic E-state index is 12.0. The van der Waals surface area contributed by atoms with Gasteiger partial charge in [-0.3, -0.25) is 4.79 Å². The summed E-state index contributed by atoms with van der Waals surface area (Å²) in [7, 11) is 0. The van der Waals surface area contributed by atoms with Crippen LogP contribution in [0.1, 0.15) is 62.9 Å². The summed E-state index contributed by atoms with van der Waals surface area (Å²) in [4.78, 5) is 20.2. The number of aliphatic hydroxyl groups is 1. The predicted molar refractivity (Wildman–Crippen MR) is 153 cm³/mol. The average Bonchev–Trinajstić information content (AvgIpc) is 3.63. The topological polar surface area (TPSA) is 99.2 Å². The molecule has 1 saturated carbocycles. The molecule has 202 valence electrons. The van der Waals surface area contributed by atoms with Gasteiger partial charge in [0.05, 0.1) is 12.1 Å². The maximum Gasteiger partial charge on any atom is 0.224 e. The molecule has 3 aromatic rings. The molecular weight excluding hydrogens is 498 g/mol. The zero-order valence-electron chi connectivity index (χ0n) is 22.8. The number of amides is 1. The van der Waals surface area contributed by atoms with Gasteiger partial charge in [-0.25, -0.2) is 9.97 Å². The van der Waals surface area contributed by atoms with E-state index in [4.69, 9.17) is 11.6 Å². The second kappa shape index (κ2) is 11.4. The highest BCUT2D eigenvalue weighted by molar-refractivity contribution is 6.28. The monoisotopic (exact) mass is 535 g/mol. The van der Waals surface area contributed by atoms with E-state index in [0.717, 1.165) is 29.8 Å². The van der Waals surface area contributed by atoms with Crippen LogP contribution in [-0.4, -0.2) is 39.7 Å². The number of carbonyl (C=O) groups is 1. The van der Waals surface area contributed by atoms with Crippen LogP contribution in [0.25, 0.3) is 0 Å². The Bertz CT molecular complexity index is 1250. The second-order valence-corrected chi connectivity index (χ2v) is 11.7.